The summed E-state index contributed by atoms with van der Waals surface area (Å²) in [4.78, 5) is 13.8. The molecule has 174 valence electrons. The predicted molar refractivity (Wildman–Crippen MR) is 121 cm³/mol. The molecule has 29 heavy (non-hydrogen) atoms. The van der Waals surface area contributed by atoms with Crippen molar-refractivity contribution in [2.24, 2.45) is 11.8 Å². The fourth-order valence-corrected chi connectivity index (χ4v) is 3.81. The van der Waals surface area contributed by atoms with Crippen LogP contribution in [0.5, 0.6) is 0 Å². The number of hydrogen-bond acceptors (Lipinski definition) is 4. The monoisotopic (exact) mass is 415 g/mol. The zero-order chi connectivity index (χ0) is 22.8. The summed E-state index contributed by atoms with van der Waals surface area (Å²) in [7, 11) is 0. The van der Waals surface area contributed by atoms with Gasteiger partial charge in [0.15, 0.2) is 5.79 Å². The van der Waals surface area contributed by atoms with Crippen molar-refractivity contribution in [3.05, 3.63) is 0 Å². The smallest absolute Gasteiger partial charge is 0.410 e. The van der Waals surface area contributed by atoms with E-state index in [9.17, 15) is 4.79 Å². The highest BCUT2D eigenvalue weighted by atomic mass is 16.7. The molecule has 0 spiro atoms. The maximum Gasteiger partial charge on any atom is 0.410 e. The van der Waals surface area contributed by atoms with Gasteiger partial charge in [0.25, 0.3) is 0 Å². The van der Waals surface area contributed by atoms with E-state index in [1.165, 1.54) is 19.3 Å². The molecule has 5 heteroatoms. The Morgan fingerprint density at radius 3 is 2.28 bits per heavy atom. The van der Waals surface area contributed by atoms with Crippen LogP contribution >= 0.6 is 0 Å². The average Bonchev–Trinajstić information content (AvgIpc) is 2.97. The molecule has 0 aromatic rings. The Morgan fingerprint density at radius 1 is 1.21 bits per heavy atom. The summed E-state index contributed by atoms with van der Waals surface area (Å²) in [6.45, 7) is 23.8. The summed E-state index contributed by atoms with van der Waals surface area (Å²) in [6, 6.07) is -0.0205. The molecule has 2 fully saturated rings. The number of likely N-dealkylation sites (tertiary alicyclic amines) is 1. The van der Waals surface area contributed by atoms with Crippen LogP contribution in [0.15, 0.2) is 0 Å². The van der Waals surface area contributed by atoms with Gasteiger partial charge < -0.3 is 19.1 Å². The fraction of sp³-hybridized carbons (Fsp3) is 0.958. The predicted octanol–water partition coefficient (Wildman–Crippen LogP) is 6.64. The van der Waals surface area contributed by atoms with E-state index in [0.29, 0.717) is 13.2 Å². The van der Waals surface area contributed by atoms with E-state index in [1.54, 1.807) is 4.90 Å². The van der Waals surface area contributed by atoms with Crippen LogP contribution < -0.4 is 0 Å². The Kier molecular flexibility index (Phi) is 12.4. The first kappa shape index (κ1) is 28.2. The van der Waals surface area contributed by atoms with Crippen LogP contribution in [0, 0.1) is 11.8 Å². The first-order chi connectivity index (χ1) is 13.3. The second-order valence-corrected chi connectivity index (χ2v) is 9.92. The minimum Gasteiger partial charge on any atom is -0.444 e. The number of rotatable bonds is 4. The Labute approximate surface area is 180 Å². The molecule has 0 aliphatic carbocycles. The third-order valence-electron chi connectivity index (χ3n) is 4.80. The van der Waals surface area contributed by atoms with Crippen LogP contribution in [-0.2, 0) is 14.2 Å². The summed E-state index contributed by atoms with van der Waals surface area (Å²) in [5.74, 6) is 1.27. The molecule has 1 amide bonds. The van der Waals surface area contributed by atoms with Gasteiger partial charge in [-0.15, -0.1) is 0 Å². The maximum atomic E-state index is 12.1. The highest BCUT2D eigenvalue weighted by Crippen LogP contribution is 2.32. The highest BCUT2D eigenvalue weighted by Gasteiger charge is 2.46. The highest BCUT2D eigenvalue weighted by molar-refractivity contribution is 5.69. The lowest BCUT2D eigenvalue weighted by Gasteiger charge is -2.40. The van der Waals surface area contributed by atoms with Gasteiger partial charge in [0, 0.05) is 6.54 Å². The third kappa shape index (κ3) is 11.2. The second-order valence-electron chi connectivity index (χ2n) is 9.92. The molecule has 0 aromatic carbocycles. The molecule has 5 nitrogen and oxygen atoms in total. The van der Waals surface area contributed by atoms with Gasteiger partial charge in [-0.05, 0) is 59.3 Å². The standard InChI is InChI=1S/C13H23NO4.C9H20.C2H6/c1-12(2,3)18-11(15)14-7-6-10-9(14)8-16-13(4,5)17-10;1-5-6-9(4)7-8(2)3;1-2/h9-10H,6-8H2,1-5H3;8-9H,5-7H2,1-4H3;1-2H3. The van der Waals surface area contributed by atoms with Gasteiger partial charge in [0.1, 0.15) is 5.60 Å². The lowest BCUT2D eigenvalue weighted by atomic mass is 9.95. The van der Waals surface area contributed by atoms with E-state index >= 15 is 0 Å². The van der Waals surface area contributed by atoms with E-state index in [4.69, 9.17) is 14.2 Å². The zero-order valence-corrected chi connectivity index (χ0v) is 21.1. The number of carbonyl (C=O) groups excluding carboxylic acids is 1. The molecule has 0 bridgehead atoms. The van der Waals surface area contributed by atoms with Crippen LogP contribution in [0.2, 0.25) is 0 Å². The summed E-state index contributed by atoms with van der Waals surface area (Å²) in [6.07, 6.45) is 4.76. The third-order valence-corrected chi connectivity index (χ3v) is 4.80. The molecule has 0 saturated carbocycles. The minimum atomic E-state index is -0.550. The van der Waals surface area contributed by atoms with Crippen molar-refractivity contribution in [1.82, 2.24) is 4.90 Å². The van der Waals surface area contributed by atoms with Gasteiger partial charge in [-0.3, -0.25) is 0 Å². The molecule has 3 unspecified atom stereocenters. The van der Waals surface area contributed by atoms with Crippen LogP contribution in [0.1, 0.15) is 102 Å². The Balaban J connectivity index is 0.000000606. The van der Waals surface area contributed by atoms with Gasteiger partial charge in [0.05, 0.1) is 18.8 Å². The normalized spacial score (nSPS) is 23.9. The van der Waals surface area contributed by atoms with E-state index in [-0.39, 0.29) is 18.2 Å². The molecule has 0 radical (unpaired) electrons. The lowest BCUT2D eigenvalue weighted by molar-refractivity contribution is -0.281. The topological polar surface area (TPSA) is 48.0 Å². The van der Waals surface area contributed by atoms with Gasteiger partial charge in [0.2, 0.25) is 0 Å². The summed E-state index contributed by atoms with van der Waals surface area (Å²) in [5, 5.41) is 0. The first-order valence-electron chi connectivity index (χ1n) is 11.7. The molecule has 2 rings (SSSR count). The van der Waals surface area contributed by atoms with Gasteiger partial charge >= 0.3 is 6.09 Å². The summed E-state index contributed by atoms with van der Waals surface area (Å²) >= 11 is 0. The fourth-order valence-electron chi connectivity index (χ4n) is 3.81. The number of nitrogens with zero attached hydrogens (tertiary/aromatic N) is 1. The van der Waals surface area contributed by atoms with Crippen molar-refractivity contribution in [3.8, 4) is 0 Å². The molecule has 2 aliphatic heterocycles. The van der Waals surface area contributed by atoms with E-state index < -0.39 is 11.4 Å². The van der Waals surface area contributed by atoms with Crippen molar-refractivity contribution in [2.45, 2.75) is 125 Å². The van der Waals surface area contributed by atoms with E-state index in [2.05, 4.69) is 27.7 Å². The Hall–Kier alpha value is -0.810. The number of carbonyl (C=O) groups is 1. The summed E-state index contributed by atoms with van der Waals surface area (Å²) < 4.78 is 16.9. The molecule has 3 atom stereocenters. The largest absolute Gasteiger partial charge is 0.444 e. The zero-order valence-electron chi connectivity index (χ0n) is 21.1. The molecule has 0 aromatic heterocycles. The molecule has 2 aliphatic rings. The van der Waals surface area contributed by atoms with Gasteiger partial charge in [-0.25, -0.2) is 4.79 Å². The number of amides is 1. The molecule has 2 saturated heterocycles. The number of hydrogen-bond donors (Lipinski definition) is 0. The van der Waals surface area contributed by atoms with E-state index in [1.807, 2.05) is 48.5 Å². The maximum absolute atomic E-state index is 12.1. The lowest BCUT2D eigenvalue weighted by Crippen LogP contribution is -2.52. The van der Waals surface area contributed by atoms with Gasteiger partial charge in [-0.1, -0.05) is 54.4 Å². The summed E-state index contributed by atoms with van der Waals surface area (Å²) in [5.41, 5.74) is -0.467. The first-order valence-corrected chi connectivity index (χ1v) is 11.7. The van der Waals surface area contributed by atoms with Crippen molar-refractivity contribution in [1.29, 1.82) is 0 Å². The molecular weight excluding hydrogens is 366 g/mol. The van der Waals surface area contributed by atoms with Crippen molar-refractivity contribution in [2.75, 3.05) is 13.2 Å². The molecular formula is C24H49NO4. The van der Waals surface area contributed by atoms with Crippen LogP contribution in [0.3, 0.4) is 0 Å². The van der Waals surface area contributed by atoms with Crippen molar-refractivity contribution >= 4 is 6.09 Å². The van der Waals surface area contributed by atoms with E-state index in [0.717, 1.165) is 18.3 Å². The van der Waals surface area contributed by atoms with Crippen LogP contribution in [0.25, 0.3) is 0 Å². The molecule has 2 heterocycles. The van der Waals surface area contributed by atoms with Gasteiger partial charge in [-0.2, -0.15) is 0 Å². The Morgan fingerprint density at radius 2 is 1.79 bits per heavy atom. The second kappa shape index (κ2) is 12.8. The van der Waals surface area contributed by atoms with Crippen LogP contribution in [-0.4, -0.2) is 47.7 Å². The SMILES string of the molecule is CC.CC(C)(C)OC(=O)N1CCC2OC(C)(C)OCC21.CCCC(C)CC(C)C. The van der Waals surface area contributed by atoms with Crippen molar-refractivity contribution in [3.63, 3.8) is 0 Å². The quantitative estimate of drug-likeness (QED) is 0.516. The number of ether oxygens (including phenoxy) is 3. The average molecular weight is 416 g/mol. The Bertz CT molecular complexity index is 456. The van der Waals surface area contributed by atoms with Crippen molar-refractivity contribution < 1.29 is 19.0 Å². The minimum absolute atomic E-state index is 0.0205. The van der Waals surface area contributed by atoms with Crippen LogP contribution in [0.4, 0.5) is 4.79 Å². The number of fused-ring (bicyclic) bond motifs is 1. The molecule has 0 N–H and O–H groups in total.